The molecule has 3 aromatic rings. The van der Waals surface area contributed by atoms with E-state index in [-0.39, 0.29) is 5.56 Å². The first kappa shape index (κ1) is 24.9. The van der Waals surface area contributed by atoms with Crippen molar-refractivity contribution >= 4 is 22.6 Å². The topological polar surface area (TPSA) is 72.5 Å². The predicted molar refractivity (Wildman–Crippen MR) is 127 cm³/mol. The Morgan fingerprint density at radius 2 is 1.86 bits per heavy atom. The van der Waals surface area contributed by atoms with E-state index in [1.807, 2.05) is 6.07 Å². The summed E-state index contributed by atoms with van der Waals surface area (Å²) in [7, 11) is 2.95. The summed E-state index contributed by atoms with van der Waals surface area (Å²) in [6.45, 7) is 3.15. The Balaban J connectivity index is 1.82. The molecule has 2 N–H and O–H groups in total. The van der Waals surface area contributed by atoms with Gasteiger partial charge in [0.25, 0.3) is 6.43 Å². The number of ether oxygens (including phenoxy) is 2. The number of benzene rings is 2. The van der Waals surface area contributed by atoms with Crippen LogP contribution in [0.1, 0.15) is 59.3 Å². The van der Waals surface area contributed by atoms with Gasteiger partial charge in [-0.1, -0.05) is 18.2 Å². The van der Waals surface area contributed by atoms with Gasteiger partial charge < -0.3 is 20.1 Å². The summed E-state index contributed by atoms with van der Waals surface area (Å²) in [6, 6.07) is 8.65. The van der Waals surface area contributed by atoms with Crippen LogP contribution in [0.5, 0.6) is 0 Å². The second kappa shape index (κ2) is 10.2. The predicted octanol–water partition coefficient (Wildman–Crippen LogP) is 5.50. The molecule has 0 spiro atoms. The van der Waals surface area contributed by atoms with Gasteiger partial charge in [-0.3, -0.25) is 4.98 Å². The third-order valence-electron chi connectivity index (χ3n) is 6.71. The van der Waals surface area contributed by atoms with Crippen molar-refractivity contribution in [1.29, 1.82) is 0 Å². The summed E-state index contributed by atoms with van der Waals surface area (Å²) < 4.78 is 52.2. The normalized spacial score (nSPS) is 16.3. The van der Waals surface area contributed by atoms with Crippen LogP contribution < -0.4 is 10.6 Å². The van der Waals surface area contributed by atoms with Crippen molar-refractivity contribution in [2.75, 3.05) is 32.6 Å². The zero-order valence-corrected chi connectivity index (χ0v) is 19.8. The summed E-state index contributed by atoms with van der Waals surface area (Å²) in [5.41, 5.74) is 1.03. The number of methoxy groups -OCH3 is 2. The molecule has 2 heterocycles. The van der Waals surface area contributed by atoms with Crippen molar-refractivity contribution in [1.82, 2.24) is 10.3 Å². The van der Waals surface area contributed by atoms with E-state index in [4.69, 9.17) is 9.47 Å². The molecule has 1 aliphatic heterocycles. The lowest BCUT2D eigenvalue weighted by Gasteiger charge is -2.38. The lowest BCUT2D eigenvalue weighted by atomic mass is 9.81. The van der Waals surface area contributed by atoms with Crippen LogP contribution >= 0.6 is 0 Å². The Bertz CT molecular complexity index is 1230. The maximum Gasteiger partial charge on any atom is 0.338 e. The molecule has 1 saturated heterocycles. The zero-order valence-electron chi connectivity index (χ0n) is 19.8. The average molecular weight is 488 g/mol. The van der Waals surface area contributed by atoms with Gasteiger partial charge in [-0.15, -0.1) is 0 Å². The van der Waals surface area contributed by atoms with Crippen LogP contribution in [0.3, 0.4) is 0 Å². The highest BCUT2D eigenvalue weighted by molar-refractivity contribution is 6.00. The Morgan fingerprint density at radius 3 is 2.51 bits per heavy atom. The summed E-state index contributed by atoms with van der Waals surface area (Å²) in [6.07, 6.45) is -0.0205. The first-order chi connectivity index (χ1) is 16.8. The van der Waals surface area contributed by atoms with Gasteiger partial charge in [0.15, 0.2) is 0 Å². The Morgan fingerprint density at radius 1 is 1.14 bits per heavy atom. The van der Waals surface area contributed by atoms with Crippen molar-refractivity contribution in [2.45, 2.75) is 37.8 Å². The van der Waals surface area contributed by atoms with Gasteiger partial charge in [0.05, 0.1) is 35.4 Å². The van der Waals surface area contributed by atoms with E-state index in [1.165, 1.54) is 19.2 Å². The number of hydrogen-bond acceptors (Lipinski definition) is 6. The maximum absolute atomic E-state index is 14.8. The number of piperidine rings is 1. The first-order valence-corrected chi connectivity index (χ1v) is 11.4. The number of esters is 1. The molecule has 0 amide bonds. The van der Waals surface area contributed by atoms with Gasteiger partial charge >= 0.3 is 5.97 Å². The molecule has 1 fully saturated rings. The van der Waals surface area contributed by atoms with Crippen LogP contribution in [-0.4, -0.2) is 38.3 Å². The summed E-state index contributed by atoms with van der Waals surface area (Å²) >= 11 is 0. The fraction of sp³-hybridized carbons (Fsp3) is 0.385. The molecule has 9 heteroatoms. The number of fused-ring (bicyclic) bond motifs is 1. The van der Waals surface area contributed by atoms with Gasteiger partial charge in [-0.05, 0) is 56.6 Å². The smallest absolute Gasteiger partial charge is 0.338 e. The van der Waals surface area contributed by atoms with E-state index in [2.05, 4.69) is 15.6 Å². The number of carbonyl (C=O) groups is 1. The van der Waals surface area contributed by atoms with Crippen LogP contribution in [0.15, 0.2) is 42.6 Å². The fourth-order valence-electron chi connectivity index (χ4n) is 4.77. The van der Waals surface area contributed by atoms with Gasteiger partial charge in [-0.25, -0.2) is 18.0 Å². The summed E-state index contributed by atoms with van der Waals surface area (Å²) in [5, 5.41) is 7.24. The molecular weight excluding hydrogens is 459 g/mol. The number of alkyl halides is 2. The highest BCUT2D eigenvalue weighted by atomic mass is 19.3. The van der Waals surface area contributed by atoms with Crippen molar-refractivity contribution in [2.24, 2.45) is 0 Å². The third kappa shape index (κ3) is 4.70. The van der Waals surface area contributed by atoms with Crippen LogP contribution in [0.25, 0.3) is 10.9 Å². The van der Waals surface area contributed by atoms with Crippen LogP contribution in [0.2, 0.25) is 0 Å². The molecule has 6 nitrogen and oxygen atoms in total. The molecule has 1 aromatic heterocycles. The Hall–Kier alpha value is -3.17. The summed E-state index contributed by atoms with van der Waals surface area (Å²) in [5.74, 6) is -1.42. The number of carbonyl (C=O) groups excluding carboxylic acids is 1. The highest BCUT2D eigenvalue weighted by Crippen LogP contribution is 2.40. The van der Waals surface area contributed by atoms with E-state index in [1.54, 1.807) is 32.4 Å². The molecule has 4 rings (SSSR count). The molecule has 2 aromatic carbocycles. The van der Waals surface area contributed by atoms with Crippen molar-refractivity contribution in [3.63, 3.8) is 0 Å². The van der Waals surface area contributed by atoms with E-state index >= 15 is 0 Å². The van der Waals surface area contributed by atoms with Gasteiger partial charge in [0.2, 0.25) is 0 Å². The molecule has 35 heavy (non-hydrogen) atoms. The summed E-state index contributed by atoms with van der Waals surface area (Å²) in [4.78, 5) is 17.1. The largest absolute Gasteiger partial charge is 0.465 e. The second-order valence-electron chi connectivity index (χ2n) is 8.63. The molecule has 0 bridgehead atoms. The lowest BCUT2D eigenvalue weighted by Crippen LogP contribution is -2.42. The molecule has 1 aliphatic rings. The third-order valence-corrected chi connectivity index (χ3v) is 6.71. The number of aromatic nitrogens is 1. The SMILES string of the molecule is COC(=O)c1cc2nccc(N[C@H](C)c3cccc(C(F)F)c3F)c2cc1C1(OC)CCNCC1. The first-order valence-electron chi connectivity index (χ1n) is 11.4. The van der Waals surface area contributed by atoms with Crippen LogP contribution in [0, 0.1) is 5.82 Å². The van der Waals surface area contributed by atoms with E-state index < -0.39 is 35.4 Å². The van der Waals surface area contributed by atoms with E-state index in [0.29, 0.717) is 40.6 Å². The van der Waals surface area contributed by atoms with Crippen LogP contribution in [-0.2, 0) is 15.1 Å². The monoisotopic (exact) mass is 487 g/mol. The number of rotatable bonds is 7. The highest BCUT2D eigenvalue weighted by Gasteiger charge is 2.38. The minimum atomic E-state index is -2.90. The maximum atomic E-state index is 14.8. The second-order valence-corrected chi connectivity index (χ2v) is 8.63. The number of nitrogens with one attached hydrogen (secondary N) is 2. The van der Waals surface area contributed by atoms with Gasteiger partial charge in [0.1, 0.15) is 5.82 Å². The van der Waals surface area contributed by atoms with E-state index in [9.17, 15) is 18.0 Å². The van der Waals surface area contributed by atoms with Crippen LogP contribution in [0.4, 0.5) is 18.9 Å². The molecule has 0 aliphatic carbocycles. The minimum absolute atomic E-state index is 0.130. The molecule has 0 radical (unpaired) electrons. The number of hydrogen-bond donors (Lipinski definition) is 2. The Kier molecular flexibility index (Phi) is 7.28. The zero-order chi connectivity index (χ0) is 25.2. The molecule has 0 unspecified atom stereocenters. The quantitative estimate of drug-likeness (QED) is 0.429. The number of nitrogens with zero attached hydrogens (tertiary/aromatic N) is 1. The molecular formula is C26H28F3N3O3. The standard InChI is InChI=1S/C26H28F3N3O3/c1-15(16-5-4-6-17(23(16)27)24(28)29)32-21-7-10-31-22-14-18(25(33)34-2)20(13-19(21)22)26(35-3)8-11-30-12-9-26/h4-7,10,13-15,24,30H,8-9,11-12H2,1-3H3,(H,31,32)/t15-/m1/s1. The number of anilines is 1. The molecule has 1 atom stereocenters. The molecule has 0 saturated carbocycles. The fourth-order valence-corrected chi connectivity index (χ4v) is 4.77. The van der Waals surface area contributed by atoms with E-state index in [0.717, 1.165) is 19.2 Å². The average Bonchev–Trinajstić information content (AvgIpc) is 2.88. The number of pyridine rings is 1. The van der Waals surface area contributed by atoms with Gasteiger partial charge in [-0.2, -0.15) is 0 Å². The molecule has 186 valence electrons. The van der Waals surface area contributed by atoms with Crippen molar-refractivity contribution in [3.05, 3.63) is 70.7 Å². The van der Waals surface area contributed by atoms with Crippen molar-refractivity contribution in [3.8, 4) is 0 Å². The van der Waals surface area contributed by atoms with Gasteiger partial charge in [0, 0.05) is 29.9 Å². The minimum Gasteiger partial charge on any atom is -0.465 e. The number of halogens is 3. The lowest BCUT2D eigenvalue weighted by molar-refractivity contribution is -0.0398. The Labute approximate surface area is 201 Å². The van der Waals surface area contributed by atoms with Crippen molar-refractivity contribution < 1.29 is 27.4 Å².